The van der Waals surface area contributed by atoms with E-state index in [0.29, 0.717) is 10.8 Å². The van der Waals surface area contributed by atoms with Gasteiger partial charge in [0.15, 0.2) is 0 Å². The van der Waals surface area contributed by atoms with Crippen LogP contribution >= 0.6 is 11.8 Å². The molecular formula is C12H24N2S. The summed E-state index contributed by atoms with van der Waals surface area (Å²) in [5.41, 5.74) is 6.42. The molecule has 0 amide bonds. The third-order valence-corrected chi connectivity index (χ3v) is 5.60. The molecule has 1 saturated heterocycles. The molecule has 1 saturated carbocycles. The zero-order valence-corrected chi connectivity index (χ0v) is 10.9. The zero-order valence-electron chi connectivity index (χ0n) is 10.0. The minimum absolute atomic E-state index is 0.304. The van der Waals surface area contributed by atoms with E-state index in [2.05, 4.69) is 30.5 Å². The van der Waals surface area contributed by atoms with Gasteiger partial charge < -0.3 is 5.73 Å². The van der Waals surface area contributed by atoms with Gasteiger partial charge in [0.1, 0.15) is 0 Å². The van der Waals surface area contributed by atoms with Crippen LogP contribution in [0.1, 0.15) is 39.5 Å². The minimum atomic E-state index is 0.304. The molecule has 15 heavy (non-hydrogen) atoms. The number of hydrogen-bond donors (Lipinski definition) is 1. The Labute approximate surface area is 98.0 Å². The lowest BCUT2D eigenvalue weighted by atomic mass is 9.87. The predicted octanol–water partition coefficient (Wildman–Crippen LogP) is 2.08. The molecule has 0 aromatic carbocycles. The summed E-state index contributed by atoms with van der Waals surface area (Å²) in [6.45, 7) is 6.68. The minimum Gasteiger partial charge on any atom is -0.329 e. The molecule has 1 aliphatic carbocycles. The number of nitrogens with zero attached hydrogens (tertiary/aromatic N) is 1. The lowest BCUT2D eigenvalue weighted by molar-refractivity contribution is 0.0791. The van der Waals surface area contributed by atoms with Gasteiger partial charge in [0.25, 0.3) is 0 Å². The second kappa shape index (κ2) is 4.64. The SMILES string of the molecule is CCN(C1CC1)C1(CN)CCCSC1C. The van der Waals surface area contributed by atoms with Crippen LogP contribution < -0.4 is 5.73 Å². The van der Waals surface area contributed by atoms with Gasteiger partial charge in [-0.05, 0) is 38.0 Å². The van der Waals surface area contributed by atoms with Crippen LogP contribution in [0.25, 0.3) is 0 Å². The van der Waals surface area contributed by atoms with Crippen molar-refractivity contribution in [3.05, 3.63) is 0 Å². The molecule has 2 unspecified atom stereocenters. The average Bonchev–Trinajstić information content (AvgIpc) is 3.06. The van der Waals surface area contributed by atoms with Crippen molar-refractivity contribution in [1.82, 2.24) is 4.90 Å². The third-order valence-electron chi connectivity index (χ3n) is 4.13. The fourth-order valence-corrected chi connectivity index (χ4v) is 4.41. The number of hydrogen-bond acceptors (Lipinski definition) is 3. The van der Waals surface area contributed by atoms with E-state index in [4.69, 9.17) is 5.73 Å². The van der Waals surface area contributed by atoms with Gasteiger partial charge in [-0.3, -0.25) is 4.90 Å². The van der Waals surface area contributed by atoms with Crippen LogP contribution in [0.15, 0.2) is 0 Å². The van der Waals surface area contributed by atoms with E-state index in [-0.39, 0.29) is 0 Å². The molecule has 2 nitrogen and oxygen atoms in total. The van der Waals surface area contributed by atoms with Crippen LogP contribution in [0.2, 0.25) is 0 Å². The molecule has 0 bridgehead atoms. The van der Waals surface area contributed by atoms with Crippen LogP contribution in [0.3, 0.4) is 0 Å². The van der Waals surface area contributed by atoms with Crippen LogP contribution in [0, 0.1) is 0 Å². The van der Waals surface area contributed by atoms with Gasteiger partial charge in [-0.15, -0.1) is 0 Å². The number of rotatable bonds is 4. The summed E-state index contributed by atoms with van der Waals surface area (Å²) in [6.07, 6.45) is 5.44. The van der Waals surface area contributed by atoms with E-state index in [1.165, 1.54) is 38.0 Å². The van der Waals surface area contributed by atoms with E-state index in [1.807, 2.05) is 0 Å². The number of thioether (sulfide) groups is 1. The molecule has 2 rings (SSSR count). The molecule has 2 atom stereocenters. The van der Waals surface area contributed by atoms with E-state index in [9.17, 15) is 0 Å². The fraction of sp³-hybridized carbons (Fsp3) is 1.00. The molecule has 2 N–H and O–H groups in total. The molecule has 2 fully saturated rings. The van der Waals surface area contributed by atoms with Crippen LogP contribution in [-0.4, -0.2) is 40.6 Å². The third kappa shape index (κ3) is 2.06. The number of likely N-dealkylation sites (N-methyl/N-ethyl adjacent to an activating group) is 1. The smallest absolute Gasteiger partial charge is 0.0450 e. The first-order valence-electron chi connectivity index (χ1n) is 6.33. The molecule has 1 heterocycles. The fourth-order valence-electron chi connectivity index (χ4n) is 3.08. The molecular weight excluding hydrogens is 204 g/mol. The van der Waals surface area contributed by atoms with Gasteiger partial charge in [0, 0.05) is 23.4 Å². The van der Waals surface area contributed by atoms with Gasteiger partial charge in [-0.2, -0.15) is 11.8 Å². The van der Waals surface area contributed by atoms with Crippen molar-refractivity contribution in [2.75, 3.05) is 18.8 Å². The topological polar surface area (TPSA) is 29.3 Å². The highest BCUT2D eigenvalue weighted by atomic mass is 32.2. The lowest BCUT2D eigenvalue weighted by Crippen LogP contribution is -2.61. The van der Waals surface area contributed by atoms with E-state index in [0.717, 1.165) is 12.6 Å². The first kappa shape index (κ1) is 11.7. The first-order chi connectivity index (χ1) is 7.24. The Morgan fingerprint density at radius 2 is 2.20 bits per heavy atom. The summed E-state index contributed by atoms with van der Waals surface area (Å²) in [5.74, 6) is 1.32. The molecule has 2 aliphatic rings. The molecule has 0 spiro atoms. The van der Waals surface area contributed by atoms with Gasteiger partial charge in [0.05, 0.1) is 0 Å². The van der Waals surface area contributed by atoms with Crippen molar-refractivity contribution >= 4 is 11.8 Å². The molecule has 0 radical (unpaired) electrons. The van der Waals surface area contributed by atoms with Gasteiger partial charge in [0.2, 0.25) is 0 Å². The van der Waals surface area contributed by atoms with Crippen molar-refractivity contribution in [2.45, 2.75) is 56.4 Å². The highest BCUT2D eigenvalue weighted by molar-refractivity contribution is 8.00. The number of nitrogens with two attached hydrogens (primary N) is 1. The first-order valence-corrected chi connectivity index (χ1v) is 7.38. The lowest BCUT2D eigenvalue weighted by Gasteiger charge is -2.49. The maximum Gasteiger partial charge on any atom is 0.0450 e. The van der Waals surface area contributed by atoms with Crippen molar-refractivity contribution in [3.8, 4) is 0 Å². The van der Waals surface area contributed by atoms with Gasteiger partial charge in [-0.25, -0.2) is 0 Å². The van der Waals surface area contributed by atoms with Crippen molar-refractivity contribution in [1.29, 1.82) is 0 Å². The maximum absolute atomic E-state index is 6.12. The normalized spacial score (nSPS) is 37.2. The Morgan fingerprint density at radius 1 is 1.47 bits per heavy atom. The van der Waals surface area contributed by atoms with E-state index >= 15 is 0 Å². The summed E-state index contributed by atoms with van der Waals surface area (Å²) >= 11 is 2.12. The Kier molecular flexibility index (Phi) is 3.63. The monoisotopic (exact) mass is 228 g/mol. The largest absolute Gasteiger partial charge is 0.329 e. The summed E-state index contributed by atoms with van der Waals surface area (Å²) in [5, 5.41) is 0.705. The second-order valence-corrected chi connectivity index (χ2v) is 6.39. The Morgan fingerprint density at radius 3 is 2.67 bits per heavy atom. The zero-order chi connectivity index (χ0) is 10.9. The standard InChI is InChI=1S/C12H24N2S/c1-3-14(11-5-6-11)12(9-13)7-4-8-15-10(12)2/h10-11H,3-9,13H2,1-2H3. The Bertz CT molecular complexity index is 218. The van der Waals surface area contributed by atoms with Crippen molar-refractivity contribution < 1.29 is 0 Å². The quantitative estimate of drug-likeness (QED) is 0.799. The van der Waals surface area contributed by atoms with E-state index < -0.39 is 0 Å². The highest BCUT2D eigenvalue weighted by Gasteiger charge is 2.47. The summed E-state index contributed by atoms with van der Waals surface area (Å²) in [6, 6.07) is 0.847. The van der Waals surface area contributed by atoms with Crippen LogP contribution in [0.5, 0.6) is 0 Å². The van der Waals surface area contributed by atoms with Crippen LogP contribution in [0.4, 0.5) is 0 Å². The van der Waals surface area contributed by atoms with Gasteiger partial charge >= 0.3 is 0 Å². The highest BCUT2D eigenvalue weighted by Crippen LogP contribution is 2.42. The van der Waals surface area contributed by atoms with Crippen molar-refractivity contribution in [3.63, 3.8) is 0 Å². The van der Waals surface area contributed by atoms with E-state index in [1.54, 1.807) is 0 Å². The predicted molar refractivity (Wildman–Crippen MR) is 68.3 cm³/mol. The van der Waals surface area contributed by atoms with Crippen LogP contribution in [-0.2, 0) is 0 Å². The summed E-state index contributed by atoms with van der Waals surface area (Å²) < 4.78 is 0. The average molecular weight is 228 g/mol. The molecule has 0 aromatic heterocycles. The molecule has 1 aliphatic heterocycles. The molecule has 3 heteroatoms. The maximum atomic E-state index is 6.12. The molecule has 88 valence electrons. The Balaban J connectivity index is 2.16. The van der Waals surface area contributed by atoms with Crippen molar-refractivity contribution in [2.24, 2.45) is 5.73 Å². The van der Waals surface area contributed by atoms with Gasteiger partial charge in [-0.1, -0.05) is 13.8 Å². The second-order valence-electron chi connectivity index (χ2n) is 4.94. The Hall–Kier alpha value is 0.270. The summed E-state index contributed by atoms with van der Waals surface area (Å²) in [7, 11) is 0. The summed E-state index contributed by atoms with van der Waals surface area (Å²) in [4.78, 5) is 2.71. The molecule has 0 aromatic rings.